The zero-order chi connectivity index (χ0) is 16.4. The first-order valence-corrected chi connectivity index (χ1v) is 7.10. The van der Waals surface area contributed by atoms with Gasteiger partial charge >= 0.3 is 12.3 Å². The number of alkyl halides is 4. The van der Waals surface area contributed by atoms with Gasteiger partial charge in [0.15, 0.2) is 0 Å². The van der Waals surface area contributed by atoms with Gasteiger partial charge in [0, 0.05) is 0 Å². The predicted molar refractivity (Wildman–Crippen MR) is 65.3 cm³/mol. The topological polar surface area (TPSA) is 89.3 Å². The lowest BCUT2D eigenvalue weighted by atomic mass is 10.1. The van der Waals surface area contributed by atoms with Crippen LogP contribution in [0.4, 0.5) is 17.6 Å². The minimum atomic E-state index is -4.83. The molecule has 5 nitrogen and oxygen atoms in total. The molecule has 0 aliphatic carbocycles. The van der Waals surface area contributed by atoms with Crippen molar-refractivity contribution >= 4 is 15.9 Å². The highest BCUT2D eigenvalue weighted by atomic mass is 32.2. The lowest BCUT2D eigenvalue weighted by Crippen LogP contribution is -2.46. The number of halogens is 4. The quantitative estimate of drug-likeness (QED) is 0.801. The zero-order valence-electron chi connectivity index (χ0n) is 10.7. The number of nitrogens with two attached hydrogens (primary N) is 1. The van der Waals surface area contributed by atoms with Gasteiger partial charge in [-0.05, 0) is 24.6 Å². The van der Waals surface area contributed by atoms with E-state index in [4.69, 9.17) is 5.14 Å². The van der Waals surface area contributed by atoms with E-state index in [1.165, 1.54) is 25.1 Å². The molecule has 21 heavy (non-hydrogen) atoms. The lowest BCUT2D eigenvalue weighted by Gasteiger charge is -2.19. The van der Waals surface area contributed by atoms with Gasteiger partial charge in [-0.15, -0.1) is 0 Å². The summed E-state index contributed by atoms with van der Waals surface area (Å²) in [6, 6.07) is 3.73. The number of hydrogen-bond acceptors (Lipinski definition) is 3. The normalized spacial score (nSPS) is 14.0. The standard InChI is InChI=1S/C11H12F4N2O3S/c1-6(17-10(18)11(14,15)9(12)13)7-3-2-4-8(5-7)21(16,19)20/h2-6,9H,1H3,(H,17,18)(H2,16,19,20). The van der Waals surface area contributed by atoms with E-state index >= 15 is 0 Å². The summed E-state index contributed by atoms with van der Waals surface area (Å²) in [4.78, 5) is 10.8. The largest absolute Gasteiger partial charge is 0.383 e. The fourth-order valence-electron chi connectivity index (χ4n) is 1.44. The Balaban J connectivity index is 2.96. The molecule has 1 unspecified atom stereocenters. The summed E-state index contributed by atoms with van der Waals surface area (Å²) in [5, 5.41) is 6.59. The summed E-state index contributed by atoms with van der Waals surface area (Å²) in [5.41, 5.74) is 0.125. The maximum Gasteiger partial charge on any atom is 0.383 e. The smallest absolute Gasteiger partial charge is 0.344 e. The molecule has 1 aromatic carbocycles. The third-order valence-corrected chi connectivity index (χ3v) is 3.52. The monoisotopic (exact) mass is 328 g/mol. The molecule has 118 valence electrons. The molecule has 1 rings (SSSR count). The maximum absolute atomic E-state index is 12.8. The molecule has 3 N–H and O–H groups in total. The molecule has 0 aliphatic heterocycles. The van der Waals surface area contributed by atoms with Gasteiger partial charge in [0.05, 0.1) is 10.9 Å². The first-order chi connectivity index (χ1) is 9.46. The van der Waals surface area contributed by atoms with Crippen LogP contribution in [0.25, 0.3) is 0 Å². The van der Waals surface area contributed by atoms with E-state index in [1.807, 2.05) is 0 Å². The summed E-state index contributed by atoms with van der Waals surface area (Å²) in [6.45, 7) is 1.24. The number of primary sulfonamides is 1. The van der Waals surface area contributed by atoms with Crippen molar-refractivity contribution < 1.29 is 30.8 Å². The molecule has 10 heteroatoms. The lowest BCUT2D eigenvalue weighted by molar-refractivity contribution is -0.170. The second-order valence-corrected chi connectivity index (χ2v) is 5.80. The van der Waals surface area contributed by atoms with Crippen molar-refractivity contribution in [3.63, 3.8) is 0 Å². The van der Waals surface area contributed by atoms with Crippen molar-refractivity contribution in [2.45, 2.75) is 30.2 Å². The number of sulfonamides is 1. The first kappa shape index (κ1) is 17.4. The second kappa shape index (κ2) is 5.98. The molecule has 1 amide bonds. The predicted octanol–water partition coefficient (Wildman–Crippen LogP) is 1.41. The van der Waals surface area contributed by atoms with Crippen LogP contribution in [-0.4, -0.2) is 26.7 Å². The SMILES string of the molecule is CC(NC(=O)C(F)(F)C(F)F)c1cccc(S(N)(=O)=O)c1. The maximum atomic E-state index is 12.8. The molecule has 0 bridgehead atoms. The minimum Gasteiger partial charge on any atom is -0.344 e. The summed E-state index contributed by atoms with van der Waals surface area (Å²) < 4.78 is 72.0. The first-order valence-electron chi connectivity index (χ1n) is 5.56. The molecule has 1 aromatic rings. The number of nitrogens with one attached hydrogen (secondary N) is 1. The molecule has 0 aromatic heterocycles. The number of carbonyl (C=O) groups is 1. The van der Waals surface area contributed by atoms with Crippen LogP contribution >= 0.6 is 0 Å². The summed E-state index contributed by atoms with van der Waals surface area (Å²) in [6.07, 6.45) is -4.14. The van der Waals surface area contributed by atoms with E-state index in [-0.39, 0.29) is 10.5 Å². The Morgan fingerprint density at radius 3 is 2.38 bits per heavy atom. The summed E-state index contributed by atoms with van der Waals surface area (Å²) in [7, 11) is -4.01. The highest BCUT2D eigenvalue weighted by molar-refractivity contribution is 7.89. The molecular formula is C11H12F4N2O3S. The number of carbonyl (C=O) groups excluding carboxylic acids is 1. The van der Waals surface area contributed by atoms with Crippen molar-refractivity contribution in [1.82, 2.24) is 5.32 Å². The minimum absolute atomic E-state index is 0.125. The van der Waals surface area contributed by atoms with Crippen LogP contribution in [0, 0.1) is 0 Å². The molecule has 0 spiro atoms. The average molecular weight is 328 g/mol. The van der Waals surface area contributed by atoms with E-state index in [9.17, 15) is 30.8 Å². The van der Waals surface area contributed by atoms with Gasteiger partial charge in [-0.2, -0.15) is 8.78 Å². The number of rotatable bonds is 5. The average Bonchev–Trinajstić information content (AvgIpc) is 2.37. The van der Waals surface area contributed by atoms with Crippen molar-refractivity contribution in [2.75, 3.05) is 0 Å². The molecule has 0 radical (unpaired) electrons. The molecule has 0 fully saturated rings. The molecule has 0 aliphatic rings. The Morgan fingerprint density at radius 2 is 1.90 bits per heavy atom. The highest BCUT2D eigenvalue weighted by Gasteiger charge is 2.49. The van der Waals surface area contributed by atoms with Crippen molar-refractivity contribution in [3.05, 3.63) is 29.8 Å². The third kappa shape index (κ3) is 4.14. The van der Waals surface area contributed by atoms with Crippen LogP contribution in [0.2, 0.25) is 0 Å². The Labute approximate surface area is 118 Å². The summed E-state index contributed by atoms with van der Waals surface area (Å²) >= 11 is 0. The van der Waals surface area contributed by atoms with Gasteiger partial charge in [0.2, 0.25) is 10.0 Å². The molecular weight excluding hydrogens is 316 g/mol. The van der Waals surface area contributed by atoms with Gasteiger partial charge in [0.25, 0.3) is 5.91 Å². The summed E-state index contributed by atoms with van der Waals surface area (Å²) in [5.74, 6) is -6.97. The van der Waals surface area contributed by atoms with Crippen LogP contribution in [0.15, 0.2) is 29.2 Å². The van der Waals surface area contributed by atoms with Gasteiger partial charge in [-0.1, -0.05) is 12.1 Å². The van der Waals surface area contributed by atoms with Gasteiger partial charge in [-0.25, -0.2) is 22.3 Å². The van der Waals surface area contributed by atoms with Gasteiger partial charge in [0.1, 0.15) is 0 Å². The van der Waals surface area contributed by atoms with Crippen molar-refractivity contribution in [1.29, 1.82) is 0 Å². The number of hydrogen-bond donors (Lipinski definition) is 2. The van der Waals surface area contributed by atoms with E-state index < -0.39 is 34.3 Å². The second-order valence-electron chi connectivity index (χ2n) is 4.24. The molecule has 0 saturated carbocycles. The van der Waals surface area contributed by atoms with Crippen LogP contribution in [0.1, 0.15) is 18.5 Å². The molecule has 1 atom stereocenters. The van der Waals surface area contributed by atoms with Crippen LogP contribution in [0.3, 0.4) is 0 Å². The Hall–Kier alpha value is -1.68. The van der Waals surface area contributed by atoms with Crippen LogP contribution in [-0.2, 0) is 14.8 Å². The number of benzene rings is 1. The Kier molecular flexibility index (Phi) is 4.95. The van der Waals surface area contributed by atoms with E-state index in [0.29, 0.717) is 0 Å². The number of amides is 1. The fraction of sp³-hybridized carbons (Fsp3) is 0.364. The fourth-order valence-corrected chi connectivity index (χ4v) is 2.00. The Morgan fingerprint density at radius 1 is 1.33 bits per heavy atom. The van der Waals surface area contributed by atoms with Crippen LogP contribution in [0.5, 0.6) is 0 Å². The van der Waals surface area contributed by atoms with Crippen molar-refractivity contribution in [2.24, 2.45) is 5.14 Å². The molecule has 0 heterocycles. The zero-order valence-corrected chi connectivity index (χ0v) is 11.5. The van der Waals surface area contributed by atoms with E-state index in [1.54, 1.807) is 5.32 Å². The van der Waals surface area contributed by atoms with Crippen molar-refractivity contribution in [3.8, 4) is 0 Å². The van der Waals surface area contributed by atoms with Gasteiger partial charge in [-0.3, -0.25) is 4.79 Å². The highest BCUT2D eigenvalue weighted by Crippen LogP contribution is 2.25. The molecule has 0 saturated heterocycles. The third-order valence-electron chi connectivity index (χ3n) is 2.61. The van der Waals surface area contributed by atoms with Gasteiger partial charge < -0.3 is 5.32 Å². The van der Waals surface area contributed by atoms with E-state index in [2.05, 4.69) is 0 Å². The van der Waals surface area contributed by atoms with E-state index in [0.717, 1.165) is 6.07 Å². The Bertz CT molecular complexity index is 634. The van der Waals surface area contributed by atoms with Crippen LogP contribution < -0.4 is 10.5 Å².